The Balaban J connectivity index is 2.25. The van der Waals surface area contributed by atoms with E-state index in [2.05, 4.69) is 0 Å². The van der Waals surface area contributed by atoms with Crippen LogP contribution in [0.4, 0.5) is 5.69 Å². The number of benzene rings is 1. The van der Waals surface area contributed by atoms with Crippen molar-refractivity contribution in [2.24, 2.45) is 0 Å². The summed E-state index contributed by atoms with van der Waals surface area (Å²) >= 11 is 0. The maximum atomic E-state index is 12.4. The summed E-state index contributed by atoms with van der Waals surface area (Å²) < 4.78 is 15.6. The van der Waals surface area contributed by atoms with Gasteiger partial charge in [0.25, 0.3) is 11.6 Å². The van der Waals surface area contributed by atoms with Crippen LogP contribution < -0.4 is 9.47 Å². The topological polar surface area (TPSA) is 108 Å². The highest BCUT2D eigenvalue weighted by Gasteiger charge is 2.30. The maximum Gasteiger partial charge on any atom is 0.346 e. The van der Waals surface area contributed by atoms with Gasteiger partial charge in [-0.3, -0.25) is 14.9 Å². The summed E-state index contributed by atoms with van der Waals surface area (Å²) in [6.45, 7) is 4.70. The fourth-order valence-corrected chi connectivity index (χ4v) is 2.76. The molecule has 9 nitrogen and oxygen atoms in total. The molecule has 1 saturated heterocycles. The lowest BCUT2D eigenvalue weighted by atomic mass is 10.1. The molecule has 0 bridgehead atoms. The molecule has 1 aromatic carbocycles. The number of nitro benzene ring substituents is 1. The minimum Gasteiger partial charge on any atom is -0.493 e. The van der Waals surface area contributed by atoms with E-state index in [4.69, 9.17) is 14.2 Å². The number of carbonyl (C=O) groups excluding carboxylic acids is 2. The van der Waals surface area contributed by atoms with Crippen molar-refractivity contribution >= 4 is 17.6 Å². The van der Waals surface area contributed by atoms with E-state index in [1.54, 1.807) is 11.8 Å². The third-order valence-corrected chi connectivity index (χ3v) is 4.05. The van der Waals surface area contributed by atoms with E-state index in [0.29, 0.717) is 13.1 Å². The van der Waals surface area contributed by atoms with Gasteiger partial charge in [-0.1, -0.05) is 0 Å². The van der Waals surface area contributed by atoms with Crippen LogP contribution in [0.3, 0.4) is 0 Å². The number of carbonyl (C=O) groups is 2. The van der Waals surface area contributed by atoms with Gasteiger partial charge in [0.2, 0.25) is 0 Å². The van der Waals surface area contributed by atoms with Gasteiger partial charge in [-0.25, -0.2) is 4.79 Å². The lowest BCUT2D eigenvalue weighted by Gasteiger charge is -2.20. The summed E-state index contributed by atoms with van der Waals surface area (Å²) in [5.41, 5.74) is -0.767. The van der Waals surface area contributed by atoms with Crippen molar-refractivity contribution in [3.05, 3.63) is 27.8 Å². The van der Waals surface area contributed by atoms with Crippen LogP contribution in [0.2, 0.25) is 0 Å². The van der Waals surface area contributed by atoms with E-state index in [1.807, 2.05) is 0 Å². The quantitative estimate of drug-likeness (QED) is 0.413. The highest BCUT2D eigenvalue weighted by Crippen LogP contribution is 2.35. The molecule has 9 heteroatoms. The van der Waals surface area contributed by atoms with E-state index in [9.17, 15) is 19.7 Å². The minimum atomic E-state index is -1.03. The molecule has 0 aromatic heterocycles. The van der Waals surface area contributed by atoms with Crippen LogP contribution in [-0.4, -0.2) is 54.6 Å². The Morgan fingerprint density at radius 2 is 1.92 bits per heavy atom. The second-order valence-corrected chi connectivity index (χ2v) is 5.79. The lowest BCUT2D eigenvalue weighted by Crippen LogP contribution is -2.38. The van der Waals surface area contributed by atoms with Crippen molar-refractivity contribution in [2.45, 2.75) is 32.8 Å². The van der Waals surface area contributed by atoms with Gasteiger partial charge >= 0.3 is 5.97 Å². The number of likely N-dealkylation sites (tertiary alicyclic amines) is 1. The van der Waals surface area contributed by atoms with Crippen molar-refractivity contribution in [2.75, 3.05) is 26.8 Å². The number of hydrogen-bond donors (Lipinski definition) is 0. The van der Waals surface area contributed by atoms with Crippen LogP contribution in [0.1, 0.15) is 37.0 Å². The second-order valence-electron chi connectivity index (χ2n) is 5.79. The first-order chi connectivity index (χ1) is 12.4. The van der Waals surface area contributed by atoms with Crippen LogP contribution in [0.15, 0.2) is 12.1 Å². The Morgan fingerprint density at radius 1 is 1.27 bits per heavy atom. The number of nitrogens with zero attached hydrogens (tertiary/aromatic N) is 2. The summed E-state index contributed by atoms with van der Waals surface area (Å²) in [6, 6.07) is 2.31. The summed E-state index contributed by atoms with van der Waals surface area (Å²) in [4.78, 5) is 37.0. The Morgan fingerprint density at radius 3 is 2.46 bits per heavy atom. The summed E-state index contributed by atoms with van der Waals surface area (Å²) in [5.74, 6) is -0.947. The molecule has 0 unspecified atom stereocenters. The fraction of sp³-hybridized carbons (Fsp3) is 0.529. The predicted molar refractivity (Wildman–Crippen MR) is 91.5 cm³/mol. The molecule has 1 atom stereocenters. The largest absolute Gasteiger partial charge is 0.493 e. The number of nitro groups is 1. The Hall–Kier alpha value is -2.84. The highest BCUT2D eigenvalue weighted by molar-refractivity contribution is 5.96. The van der Waals surface area contributed by atoms with Gasteiger partial charge in [0.05, 0.1) is 24.7 Å². The molecule has 1 aromatic rings. The number of ether oxygens (including phenoxy) is 3. The molecular formula is C17H22N2O7. The molecule has 0 radical (unpaired) electrons. The van der Waals surface area contributed by atoms with E-state index in [-0.39, 0.29) is 29.6 Å². The zero-order valence-electron chi connectivity index (χ0n) is 15.0. The monoisotopic (exact) mass is 366 g/mol. The summed E-state index contributed by atoms with van der Waals surface area (Å²) in [7, 11) is 1.36. The van der Waals surface area contributed by atoms with Gasteiger partial charge in [-0.15, -0.1) is 0 Å². The summed E-state index contributed by atoms with van der Waals surface area (Å²) in [5, 5.41) is 11.3. The Bertz CT molecular complexity index is 699. The van der Waals surface area contributed by atoms with Crippen LogP contribution in [0, 0.1) is 10.1 Å². The zero-order valence-corrected chi connectivity index (χ0v) is 15.0. The molecular weight excluding hydrogens is 344 g/mol. The SMILES string of the molecule is CCOc1cc([N+](=O)[O-])c(C(=O)O[C@H](C)C(=O)N2CCCC2)cc1OC. The molecule has 0 spiro atoms. The van der Waals surface area contributed by atoms with Crippen LogP contribution in [-0.2, 0) is 9.53 Å². The van der Waals surface area contributed by atoms with Gasteiger partial charge in [0.1, 0.15) is 5.56 Å². The third-order valence-electron chi connectivity index (χ3n) is 4.05. The van der Waals surface area contributed by atoms with Crippen molar-refractivity contribution in [3.8, 4) is 11.5 Å². The molecule has 142 valence electrons. The van der Waals surface area contributed by atoms with E-state index >= 15 is 0 Å². The number of methoxy groups -OCH3 is 1. The molecule has 0 N–H and O–H groups in total. The first-order valence-corrected chi connectivity index (χ1v) is 8.38. The molecule has 0 aliphatic carbocycles. The predicted octanol–water partition coefficient (Wildman–Crippen LogP) is 2.17. The average molecular weight is 366 g/mol. The number of hydrogen-bond acceptors (Lipinski definition) is 7. The molecule has 1 fully saturated rings. The normalized spacial score (nSPS) is 14.7. The molecule has 1 heterocycles. The van der Waals surface area contributed by atoms with E-state index in [0.717, 1.165) is 18.9 Å². The van der Waals surface area contributed by atoms with Gasteiger partial charge in [-0.05, 0) is 26.7 Å². The zero-order chi connectivity index (χ0) is 19.3. The molecule has 0 saturated carbocycles. The van der Waals surface area contributed by atoms with Gasteiger partial charge in [0, 0.05) is 19.2 Å². The van der Waals surface area contributed by atoms with E-state index in [1.165, 1.54) is 20.1 Å². The Labute approximate surface area is 151 Å². The molecule has 2 rings (SSSR count). The van der Waals surface area contributed by atoms with Crippen LogP contribution >= 0.6 is 0 Å². The molecule has 26 heavy (non-hydrogen) atoms. The van der Waals surface area contributed by atoms with Crippen molar-refractivity contribution in [1.29, 1.82) is 0 Å². The second kappa shape index (κ2) is 8.50. The fourth-order valence-electron chi connectivity index (χ4n) is 2.76. The first kappa shape index (κ1) is 19.5. The molecule has 1 aliphatic heterocycles. The van der Waals surface area contributed by atoms with Crippen molar-refractivity contribution < 1.29 is 28.7 Å². The summed E-state index contributed by atoms with van der Waals surface area (Å²) in [6.07, 6.45) is 0.792. The van der Waals surface area contributed by atoms with Gasteiger partial charge in [-0.2, -0.15) is 0 Å². The molecule has 1 aliphatic rings. The van der Waals surface area contributed by atoms with E-state index < -0.39 is 22.7 Å². The Kier molecular flexibility index (Phi) is 6.37. The van der Waals surface area contributed by atoms with Crippen molar-refractivity contribution in [1.82, 2.24) is 4.90 Å². The number of amides is 1. The average Bonchev–Trinajstić information content (AvgIpc) is 3.15. The minimum absolute atomic E-state index is 0.152. The lowest BCUT2D eigenvalue weighted by molar-refractivity contribution is -0.385. The standard InChI is InChI=1S/C17H22N2O7/c1-4-25-15-10-13(19(22)23)12(9-14(15)24-3)17(21)26-11(2)16(20)18-7-5-6-8-18/h9-11H,4-8H2,1-3H3/t11-/m1/s1. The number of esters is 1. The van der Waals surface area contributed by atoms with Gasteiger partial charge in [0.15, 0.2) is 17.6 Å². The van der Waals surface area contributed by atoms with Crippen LogP contribution in [0.5, 0.6) is 11.5 Å². The maximum absolute atomic E-state index is 12.4. The third kappa shape index (κ3) is 4.22. The van der Waals surface area contributed by atoms with Gasteiger partial charge < -0.3 is 19.1 Å². The molecule has 1 amide bonds. The number of rotatable bonds is 7. The highest BCUT2D eigenvalue weighted by atomic mass is 16.6. The van der Waals surface area contributed by atoms with Crippen LogP contribution in [0.25, 0.3) is 0 Å². The van der Waals surface area contributed by atoms with Crippen molar-refractivity contribution in [3.63, 3.8) is 0 Å². The first-order valence-electron chi connectivity index (χ1n) is 8.38. The smallest absolute Gasteiger partial charge is 0.346 e.